The molecule has 27 heavy (non-hydrogen) atoms. The Hall–Kier alpha value is -2.21. The lowest BCUT2D eigenvalue weighted by Gasteiger charge is -2.33. The fraction of sp³-hybridized carbons (Fsp3) is 0.571. The monoisotopic (exact) mass is 374 g/mol. The third-order valence-corrected chi connectivity index (χ3v) is 5.14. The van der Waals surface area contributed by atoms with Gasteiger partial charge >= 0.3 is 0 Å². The van der Waals surface area contributed by atoms with Gasteiger partial charge in [0.25, 0.3) is 0 Å². The molecular formula is C21H30N2O4. The Balaban J connectivity index is 1.47. The number of methoxy groups -OCH3 is 1. The van der Waals surface area contributed by atoms with Gasteiger partial charge in [-0.15, -0.1) is 0 Å². The maximum Gasteiger partial charge on any atom is 0.243 e. The number of nitrogens with one attached hydrogen (secondary N) is 1. The molecule has 1 atom stereocenters. The summed E-state index contributed by atoms with van der Waals surface area (Å²) in [6.45, 7) is 6.24. The number of hydrogen-bond acceptors (Lipinski definition) is 5. The predicted octanol–water partition coefficient (Wildman–Crippen LogP) is 2.86. The molecule has 6 nitrogen and oxygen atoms in total. The third kappa shape index (κ3) is 5.39. The van der Waals surface area contributed by atoms with Gasteiger partial charge in [-0.2, -0.15) is 0 Å². The summed E-state index contributed by atoms with van der Waals surface area (Å²) in [5.41, 5.74) is 0.841. The van der Waals surface area contributed by atoms with Crippen LogP contribution in [0.15, 0.2) is 18.2 Å². The molecule has 6 heteroatoms. The molecule has 1 N–H and O–H groups in total. The van der Waals surface area contributed by atoms with Crippen molar-refractivity contribution in [3.05, 3.63) is 23.8 Å². The van der Waals surface area contributed by atoms with Gasteiger partial charge in [-0.25, -0.2) is 0 Å². The number of piperidine rings is 1. The average molecular weight is 374 g/mol. The zero-order valence-corrected chi connectivity index (χ0v) is 16.3. The van der Waals surface area contributed by atoms with Crippen molar-refractivity contribution in [1.82, 2.24) is 10.2 Å². The summed E-state index contributed by atoms with van der Waals surface area (Å²) in [5, 5.41) is 2.96. The van der Waals surface area contributed by atoms with E-state index in [4.69, 9.17) is 14.2 Å². The van der Waals surface area contributed by atoms with Crippen molar-refractivity contribution in [3.63, 3.8) is 0 Å². The van der Waals surface area contributed by atoms with E-state index in [0.717, 1.165) is 18.5 Å². The SMILES string of the molecule is COc1cc(/C=C/C(=O)NCCCN2CCCC[C@@H]2C)cc2c1OCCO2. The number of hydrogen-bond donors (Lipinski definition) is 1. The van der Waals surface area contributed by atoms with Gasteiger partial charge < -0.3 is 24.4 Å². The van der Waals surface area contributed by atoms with Gasteiger partial charge in [0, 0.05) is 25.2 Å². The van der Waals surface area contributed by atoms with Gasteiger partial charge in [-0.3, -0.25) is 4.79 Å². The molecule has 0 aliphatic carbocycles. The average Bonchev–Trinajstić information content (AvgIpc) is 2.70. The number of likely N-dealkylation sites (tertiary alicyclic amines) is 1. The van der Waals surface area contributed by atoms with Crippen molar-refractivity contribution in [2.24, 2.45) is 0 Å². The number of ether oxygens (including phenoxy) is 3. The molecule has 0 aromatic heterocycles. The van der Waals surface area contributed by atoms with Crippen molar-refractivity contribution in [2.45, 2.75) is 38.6 Å². The number of rotatable bonds is 7. The second-order valence-electron chi connectivity index (χ2n) is 7.11. The highest BCUT2D eigenvalue weighted by Gasteiger charge is 2.18. The minimum Gasteiger partial charge on any atom is -0.493 e. The molecule has 2 heterocycles. The summed E-state index contributed by atoms with van der Waals surface area (Å²) in [4.78, 5) is 14.6. The van der Waals surface area contributed by atoms with E-state index < -0.39 is 0 Å². The molecule has 148 valence electrons. The maximum absolute atomic E-state index is 12.1. The van der Waals surface area contributed by atoms with Crippen molar-refractivity contribution in [2.75, 3.05) is 40.0 Å². The summed E-state index contributed by atoms with van der Waals surface area (Å²) in [6.07, 6.45) is 8.20. The lowest BCUT2D eigenvalue weighted by Crippen LogP contribution is -2.39. The lowest BCUT2D eigenvalue weighted by atomic mass is 10.0. The first kappa shape index (κ1) is 19.5. The van der Waals surface area contributed by atoms with Crippen LogP contribution in [-0.4, -0.2) is 56.8 Å². The molecule has 1 fully saturated rings. The van der Waals surface area contributed by atoms with E-state index in [1.807, 2.05) is 12.1 Å². The van der Waals surface area contributed by atoms with E-state index in [2.05, 4.69) is 17.1 Å². The van der Waals surface area contributed by atoms with Crippen LogP contribution in [0.5, 0.6) is 17.2 Å². The largest absolute Gasteiger partial charge is 0.493 e. The van der Waals surface area contributed by atoms with Crippen molar-refractivity contribution >= 4 is 12.0 Å². The van der Waals surface area contributed by atoms with Crippen LogP contribution in [-0.2, 0) is 4.79 Å². The first-order chi connectivity index (χ1) is 13.2. The van der Waals surface area contributed by atoms with Gasteiger partial charge in [-0.05, 0) is 56.5 Å². The van der Waals surface area contributed by atoms with Gasteiger partial charge in [0.1, 0.15) is 13.2 Å². The van der Waals surface area contributed by atoms with E-state index in [9.17, 15) is 4.79 Å². The molecule has 1 aromatic rings. The van der Waals surface area contributed by atoms with E-state index in [0.29, 0.717) is 43.0 Å². The van der Waals surface area contributed by atoms with Crippen LogP contribution in [0.4, 0.5) is 0 Å². The van der Waals surface area contributed by atoms with Crippen molar-refractivity contribution in [1.29, 1.82) is 0 Å². The highest BCUT2D eigenvalue weighted by Crippen LogP contribution is 2.40. The van der Waals surface area contributed by atoms with Crippen LogP contribution in [0.1, 0.15) is 38.2 Å². The first-order valence-corrected chi connectivity index (χ1v) is 9.85. The Morgan fingerprint density at radius 3 is 3.00 bits per heavy atom. The molecule has 0 unspecified atom stereocenters. The molecule has 2 aliphatic rings. The Labute approximate surface area is 161 Å². The summed E-state index contributed by atoms with van der Waals surface area (Å²) in [5.74, 6) is 1.80. The summed E-state index contributed by atoms with van der Waals surface area (Å²) < 4.78 is 16.6. The Bertz CT molecular complexity index is 657. The Morgan fingerprint density at radius 2 is 2.19 bits per heavy atom. The van der Waals surface area contributed by atoms with Crippen molar-refractivity contribution < 1.29 is 19.0 Å². The molecular weight excluding hydrogens is 344 g/mol. The topological polar surface area (TPSA) is 60.0 Å². The predicted molar refractivity (Wildman–Crippen MR) is 106 cm³/mol. The number of carbonyl (C=O) groups excluding carboxylic acids is 1. The molecule has 1 saturated heterocycles. The zero-order chi connectivity index (χ0) is 19.1. The first-order valence-electron chi connectivity index (χ1n) is 9.85. The van der Waals surface area contributed by atoms with E-state index in [1.165, 1.54) is 25.8 Å². The van der Waals surface area contributed by atoms with E-state index in [1.54, 1.807) is 19.3 Å². The van der Waals surface area contributed by atoms with Crippen LogP contribution < -0.4 is 19.5 Å². The van der Waals surface area contributed by atoms with Gasteiger partial charge in [0.2, 0.25) is 11.7 Å². The van der Waals surface area contributed by atoms with E-state index in [-0.39, 0.29) is 5.91 Å². The zero-order valence-electron chi connectivity index (χ0n) is 16.3. The molecule has 2 aliphatic heterocycles. The second kappa shape index (κ2) is 9.65. The summed E-state index contributed by atoms with van der Waals surface area (Å²) in [7, 11) is 1.59. The van der Waals surface area contributed by atoms with Gasteiger partial charge in [0.05, 0.1) is 7.11 Å². The third-order valence-electron chi connectivity index (χ3n) is 5.14. The quantitative estimate of drug-likeness (QED) is 0.587. The fourth-order valence-corrected chi connectivity index (χ4v) is 3.60. The molecule has 0 radical (unpaired) electrons. The van der Waals surface area contributed by atoms with Crippen molar-refractivity contribution in [3.8, 4) is 17.2 Å². The molecule has 0 spiro atoms. The number of amides is 1. The van der Waals surface area contributed by atoms with E-state index >= 15 is 0 Å². The summed E-state index contributed by atoms with van der Waals surface area (Å²) >= 11 is 0. The normalized spacial score (nSPS) is 19.9. The van der Waals surface area contributed by atoms with Crippen LogP contribution in [0, 0.1) is 0 Å². The molecule has 1 amide bonds. The minimum atomic E-state index is -0.0875. The number of nitrogens with zero attached hydrogens (tertiary/aromatic N) is 1. The smallest absolute Gasteiger partial charge is 0.243 e. The molecule has 3 rings (SSSR count). The molecule has 0 bridgehead atoms. The lowest BCUT2D eigenvalue weighted by molar-refractivity contribution is -0.116. The van der Waals surface area contributed by atoms with Crippen LogP contribution in [0.25, 0.3) is 6.08 Å². The minimum absolute atomic E-state index is 0.0875. The highest BCUT2D eigenvalue weighted by atomic mass is 16.6. The maximum atomic E-state index is 12.1. The van der Waals surface area contributed by atoms with Crippen LogP contribution in [0.2, 0.25) is 0 Å². The van der Waals surface area contributed by atoms with Gasteiger partial charge in [-0.1, -0.05) is 6.42 Å². The fourth-order valence-electron chi connectivity index (χ4n) is 3.60. The number of fused-ring (bicyclic) bond motifs is 1. The number of benzene rings is 1. The molecule has 0 saturated carbocycles. The Morgan fingerprint density at radius 1 is 1.33 bits per heavy atom. The standard InChI is InChI=1S/C21H30N2O4/c1-16-6-3-4-10-23(16)11-5-9-22-20(24)8-7-17-14-18(25-2)21-19(15-17)26-12-13-27-21/h7-8,14-16H,3-6,9-13H2,1-2H3,(H,22,24)/b8-7+/t16-/m0/s1. The highest BCUT2D eigenvalue weighted by molar-refractivity contribution is 5.91. The molecule has 1 aromatic carbocycles. The van der Waals surface area contributed by atoms with Crippen LogP contribution in [0.3, 0.4) is 0 Å². The van der Waals surface area contributed by atoms with Crippen LogP contribution >= 0.6 is 0 Å². The number of carbonyl (C=O) groups is 1. The Kier molecular flexibility index (Phi) is 6.98. The second-order valence-corrected chi connectivity index (χ2v) is 7.11. The summed E-state index contributed by atoms with van der Waals surface area (Å²) in [6, 6.07) is 4.37. The van der Waals surface area contributed by atoms with Gasteiger partial charge in [0.15, 0.2) is 11.5 Å².